The van der Waals surface area contributed by atoms with Crippen molar-refractivity contribution in [3.05, 3.63) is 11.3 Å². The summed E-state index contributed by atoms with van der Waals surface area (Å²) in [6, 6.07) is 0. The van der Waals surface area contributed by atoms with Crippen molar-refractivity contribution in [1.82, 2.24) is 0 Å². The Bertz CT molecular complexity index is 187. The molecule has 0 heterocycles. The summed E-state index contributed by atoms with van der Waals surface area (Å²) in [5.74, 6) is -0.220. The first-order valence-corrected chi connectivity index (χ1v) is 3.48. The summed E-state index contributed by atoms with van der Waals surface area (Å²) in [7, 11) is 0. The van der Waals surface area contributed by atoms with Crippen molar-refractivity contribution in [3.8, 4) is 0 Å². The van der Waals surface area contributed by atoms with Crippen molar-refractivity contribution in [2.75, 3.05) is 0 Å². The van der Waals surface area contributed by atoms with E-state index in [2.05, 4.69) is 0 Å². The highest BCUT2D eigenvalue weighted by molar-refractivity contribution is 5.19. The number of rotatable bonds is 0. The molecular weight excluding hydrogens is 148 g/mol. The molecule has 0 aromatic carbocycles. The van der Waals surface area contributed by atoms with Gasteiger partial charge in [0.1, 0.15) is 18.0 Å². The van der Waals surface area contributed by atoms with Crippen LogP contribution in [0.4, 0.5) is 0 Å². The Morgan fingerprint density at radius 3 is 2.36 bits per heavy atom. The molecule has 0 bridgehead atoms. The van der Waals surface area contributed by atoms with Gasteiger partial charge in [-0.1, -0.05) is 0 Å². The Morgan fingerprint density at radius 2 is 1.82 bits per heavy atom. The maximum Gasteiger partial charge on any atom is 0.122 e. The predicted octanol–water partition coefficient (Wildman–Crippen LogP) is -0.695. The lowest BCUT2D eigenvalue weighted by molar-refractivity contribution is -0.0154. The van der Waals surface area contributed by atoms with Gasteiger partial charge < -0.3 is 20.4 Å². The lowest BCUT2D eigenvalue weighted by atomic mass is 9.91. The van der Waals surface area contributed by atoms with E-state index in [1.165, 1.54) is 6.92 Å². The maximum atomic E-state index is 9.16. The minimum absolute atomic E-state index is 0.00958. The monoisotopic (exact) mass is 160 g/mol. The van der Waals surface area contributed by atoms with Crippen molar-refractivity contribution in [3.63, 3.8) is 0 Å². The van der Waals surface area contributed by atoms with E-state index < -0.39 is 18.3 Å². The first kappa shape index (κ1) is 8.52. The zero-order chi connectivity index (χ0) is 8.59. The number of hydrogen-bond donors (Lipinski definition) is 4. The molecule has 0 fully saturated rings. The standard InChI is InChI=1S/C7H12O4/c1-3-6(10)4(8)2-5(9)7(3)11/h4-6,8-11H,2H2,1H3. The van der Waals surface area contributed by atoms with Crippen LogP contribution >= 0.6 is 0 Å². The highest BCUT2D eigenvalue weighted by atomic mass is 16.3. The molecule has 64 valence electrons. The molecule has 0 aliphatic heterocycles. The van der Waals surface area contributed by atoms with E-state index in [9.17, 15) is 0 Å². The highest BCUT2D eigenvalue weighted by Gasteiger charge is 2.31. The summed E-state index contributed by atoms with van der Waals surface area (Å²) in [6.07, 6.45) is -3.06. The SMILES string of the molecule is CC1=C(O)C(O)CC(O)C1O. The Kier molecular flexibility index (Phi) is 2.17. The van der Waals surface area contributed by atoms with E-state index >= 15 is 0 Å². The van der Waals surface area contributed by atoms with Crippen molar-refractivity contribution in [2.45, 2.75) is 31.7 Å². The second-order valence-corrected chi connectivity index (χ2v) is 2.83. The van der Waals surface area contributed by atoms with Crippen LogP contribution < -0.4 is 0 Å². The third kappa shape index (κ3) is 1.38. The van der Waals surface area contributed by atoms with E-state index in [0.29, 0.717) is 0 Å². The molecule has 0 aromatic heterocycles. The average molecular weight is 160 g/mol. The normalized spacial score (nSPS) is 39.5. The van der Waals surface area contributed by atoms with Crippen molar-refractivity contribution in [2.24, 2.45) is 0 Å². The van der Waals surface area contributed by atoms with Crippen LogP contribution in [0.2, 0.25) is 0 Å². The van der Waals surface area contributed by atoms with Gasteiger partial charge in [-0.05, 0) is 12.5 Å². The summed E-state index contributed by atoms with van der Waals surface area (Å²) < 4.78 is 0. The summed E-state index contributed by atoms with van der Waals surface area (Å²) in [6.45, 7) is 1.48. The lowest BCUT2D eigenvalue weighted by Crippen LogP contribution is -2.37. The first-order chi connectivity index (χ1) is 5.04. The molecule has 0 saturated carbocycles. The van der Waals surface area contributed by atoms with Crippen LogP contribution in [0.1, 0.15) is 13.3 Å². The largest absolute Gasteiger partial charge is 0.510 e. The van der Waals surface area contributed by atoms with Gasteiger partial charge in [0, 0.05) is 6.42 Å². The minimum Gasteiger partial charge on any atom is -0.510 e. The Balaban J connectivity index is 2.89. The fourth-order valence-corrected chi connectivity index (χ4v) is 1.17. The van der Waals surface area contributed by atoms with Gasteiger partial charge in [0.15, 0.2) is 0 Å². The van der Waals surface area contributed by atoms with Crippen LogP contribution in [-0.4, -0.2) is 38.7 Å². The molecular formula is C7H12O4. The molecule has 3 atom stereocenters. The fraction of sp³-hybridized carbons (Fsp3) is 0.714. The molecule has 0 spiro atoms. The first-order valence-electron chi connectivity index (χ1n) is 3.48. The number of aliphatic hydroxyl groups is 4. The summed E-state index contributed by atoms with van der Waals surface area (Å²) in [5.41, 5.74) is 0.247. The zero-order valence-electron chi connectivity index (χ0n) is 6.23. The summed E-state index contributed by atoms with van der Waals surface area (Å²) >= 11 is 0. The maximum absolute atomic E-state index is 9.16. The van der Waals surface area contributed by atoms with Gasteiger partial charge in [0.25, 0.3) is 0 Å². The van der Waals surface area contributed by atoms with Gasteiger partial charge in [-0.2, -0.15) is 0 Å². The summed E-state index contributed by atoms with van der Waals surface area (Å²) in [4.78, 5) is 0. The molecule has 1 aliphatic rings. The van der Waals surface area contributed by atoms with Crippen LogP contribution in [0, 0.1) is 0 Å². The topological polar surface area (TPSA) is 80.9 Å². The molecule has 4 heteroatoms. The van der Waals surface area contributed by atoms with Gasteiger partial charge in [-0.15, -0.1) is 0 Å². The van der Waals surface area contributed by atoms with E-state index in [1.54, 1.807) is 0 Å². The molecule has 1 aliphatic carbocycles. The van der Waals surface area contributed by atoms with E-state index in [4.69, 9.17) is 20.4 Å². The molecule has 1 rings (SSSR count). The minimum atomic E-state index is -1.04. The van der Waals surface area contributed by atoms with Crippen molar-refractivity contribution >= 4 is 0 Å². The van der Waals surface area contributed by atoms with Crippen LogP contribution in [0.25, 0.3) is 0 Å². The summed E-state index contributed by atoms with van der Waals surface area (Å²) in [5, 5.41) is 36.4. The second kappa shape index (κ2) is 2.81. The van der Waals surface area contributed by atoms with E-state index in [0.717, 1.165) is 0 Å². The fourth-order valence-electron chi connectivity index (χ4n) is 1.17. The van der Waals surface area contributed by atoms with Gasteiger partial charge in [-0.3, -0.25) is 0 Å². The third-order valence-electron chi connectivity index (χ3n) is 1.99. The molecule has 11 heavy (non-hydrogen) atoms. The van der Waals surface area contributed by atoms with Crippen LogP contribution in [0.15, 0.2) is 11.3 Å². The number of aliphatic hydroxyl groups excluding tert-OH is 4. The Labute approximate surface area is 64.4 Å². The predicted molar refractivity (Wildman–Crippen MR) is 38.0 cm³/mol. The Hall–Kier alpha value is -0.580. The molecule has 3 unspecified atom stereocenters. The van der Waals surface area contributed by atoms with Gasteiger partial charge in [0.05, 0.1) is 6.10 Å². The Morgan fingerprint density at radius 1 is 1.27 bits per heavy atom. The van der Waals surface area contributed by atoms with Crippen molar-refractivity contribution < 1.29 is 20.4 Å². The molecule has 0 aromatic rings. The highest BCUT2D eigenvalue weighted by Crippen LogP contribution is 2.23. The molecule has 4 N–H and O–H groups in total. The van der Waals surface area contributed by atoms with Crippen LogP contribution in [0.5, 0.6) is 0 Å². The van der Waals surface area contributed by atoms with E-state index in [1.807, 2.05) is 0 Å². The van der Waals surface area contributed by atoms with Gasteiger partial charge in [-0.25, -0.2) is 0 Å². The molecule has 0 saturated heterocycles. The van der Waals surface area contributed by atoms with E-state index in [-0.39, 0.29) is 17.8 Å². The molecule has 4 nitrogen and oxygen atoms in total. The lowest BCUT2D eigenvalue weighted by Gasteiger charge is -2.27. The van der Waals surface area contributed by atoms with Gasteiger partial charge in [0.2, 0.25) is 0 Å². The van der Waals surface area contributed by atoms with Crippen LogP contribution in [0.3, 0.4) is 0 Å². The van der Waals surface area contributed by atoms with Crippen molar-refractivity contribution in [1.29, 1.82) is 0 Å². The quantitative estimate of drug-likeness (QED) is 0.378. The smallest absolute Gasteiger partial charge is 0.122 e. The average Bonchev–Trinajstić information content (AvgIpc) is 1.97. The molecule has 0 radical (unpaired) electrons. The second-order valence-electron chi connectivity index (χ2n) is 2.83. The van der Waals surface area contributed by atoms with Gasteiger partial charge >= 0.3 is 0 Å². The zero-order valence-corrected chi connectivity index (χ0v) is 6.23. The number of hydrogen-bond acceptors (Lipinski definition) is 4. The van der Waals surface area contributed by atoms with Crippen LogP contribution in [-0.2, 0) is 0 Å². The molecule has 0 amide bonds. The third-order valence-corrected chi connectivity index (χ3v) is 1.99.